The van der Waals surface area contributed by atoms with E-state index in [2.05, 4.69) is 5.32 Å². The molecule has 0 spiro atoms. The molecule has 0 aliphatic carbocycles. The average Bonchev–Trinajstić information content (AvgIpc) is 2.85. The van der Waals surface area contributed by atoms with Crippen LogP contribution >= 0.6 is 11.6 Å². The van der Waals surface area contributed by atoms with Gasteiger partial charge in [0.2, 0.25) is 5.72 Å². The monoisotopic (exact) mass is 267 g/mol. The van der Waals surface area contributed by atoms with E-state index in [0.29, 0.717) is 12.3 Å². The van der Waals surface area contributed by atoms with E-state index < -0.39 is 11.7 Å². The predicted octanol–water partition coefficient (Wildman–Crippen LogP) is 2.53. The number of benzene rings is 1. The van der Waals surface area contributed by atoms with Crippen LogP contribution in [-0.4, -0.2) is 11.1 Å². The minimum Gasteiger partial charge on any atom is -0.476 e. The fourth-order valence-corrected chi connectivity index (χ4v) is 2.10. The van der Waals surface area contributed by atoms with Crippen molar-refractivity contribution in [3.63, 3.8) is 0 Å². The zero-order valence-electron chi connectivity index (χ0n) is 9.94. The summed E-state index contributed by atoms with van der Waals surface area (Å²) in [6, 6.07) is 7.60. The smallest absolute Gasteiger partial charge is 0.355 e. The lowest BCUT2D eigenvalue weighted by Crippen LogP contribution is -2.39. The summed E-state index contributed by atoms with van der Waals surface area (Å²) in [6.07, 6.45) is 1.86. The summed E-state index contributed by atoms with van der Waals surface area (Å²) >= 11 is 5.74. The SMILES string of the molecule is CCC1(c2ccc(CCl)cc2)NC(C(=O)O)=CO1. The van der Waals surface area contributed by atoms with Gasteiger partial charge in [-0.15, -0.1) is 11.6 Å². The Balaban J connectivity index is 2.26. The second-order valence-corrected chi connectivity index (χ2v) is 4.36. The third kappa shape index (κ3) is 2.16. The van der Waals surface area contributed by atoms with Crippen molar-refractivity contribution in [3.8, 4) is 0 Å². The van der Waals surface area contributed by atoms with Crippen molar-refractivity contribution in [2.75, 3.05) is 0 Å². The molecule has 0 saturated carbocycles. The van der Waals surface area contributed by atoms with Crippen molar-refractivity contribution in [1.82, 2.24) is 5.32 Å². The second kappa shape index (κ2) is 4.90. The minimum atomic E-state index is -1.03. The predicted molar refractivity (Wildman–Crippen MR) is 67.9 cm³/mol. The molecule has 0 bridgehead atoms. The molecule has 18 heavy (non-hydrogen) atoms. The average molecular weight is 268 g/mol. The van der Waals surface area contributed by atoms with Gasteiger partial charge >= 0.3 is 5.97 Å². The van der Waals surface area contributed by atoms with Crippen LogP contribution in [0.5, 0.6) is 0 Å². The van der Waals surface area contributed by atoms with Crippen LogP contribution in [0.4, 0.5) is 0 Å². The summed E-state index contributed by atoms with van der Waals surface area (Å²) in [6.45, 7) is 1.93. The van der Waals surface area contributed by atoms with Gasteiger partial charge in [-0.2, -0.15) is 0 Å². The number of carboxylic acid groups (broad SMARTS) is 1. The van der Waals surface area contributed by atoms with Crippen LogP contribution < -0.4 is 5.32 Å². The number of nitrogens with one attached hydrogen (secondary N) is 1. The van der Waals surface area contributed by atoms with Crippen molar-refractivity contribution in [3.05, 3.63) is 47.4 Å². The Morgan fingerprint density at radius 3 is 2.56 bits per heavy atom. The van der Waals surface area contributed by atoms with Crippen LogP contribution in [-0.2, 0) is 21.1 Å². The maximum Gasteiger partial charge on any atom is 0.355 e. The third-order valence-corrected chi connectivity index (χ3v) is 3.33. The maximum absolute atomic E-state index is 10.9. The van der Waals surface area contributed by atoms with Gasteiger partial charge in [0.15, 0.2) is 5.70 Å². The lowest BCUT2D eigenvalue weighted by molar-refractivity contribution is -0.133. The molecule has 1 atom stereocenters. The molecule has 96 valence electrons. The molecule has 2 N–H and O–H groups in total. The van der Waals surface area contributed by atoms with Crippen molar-refractivity contribution in [2.24, 2.45) is 0 Å². The number of carboxylic acids is 1. The van der Waals surface area contributed by atoms with Gasteiger partial charge in [0.25, 0.3) is 0 Å². The molecule has 0 aromatic heterocycles. The summed E-state index contributed by atoms with van der Waals surface area (Å²) in [5.74, 6) is -0.575. The molecule has 0 radical (unpaired) electrons. The first kappa shape index (κ1) is 12.8. The highest BCUT2D eigenvalue weighted by atomic mass is 35.5. The molecule has 1 heterocycles. The number of aliphatic carboxylic acids is 1. The molecule has 1 unspecified atom stereocenters. The lowest BCUT2D eigenvalue weighted by atomic mass is 9.99. The highest BCUT2D eigenvalue weighted by Gasteiger charge is 2.38. The Hall–Kier alpha value is -1.68. The van der Waals surface area contributed by atoms with Crippen LogP contribution in [0.2, 0.25) is 0 Å². The Bertz CT molecular complexity index is 484. The number of hydrogen-bond donors (Lipinski definition) is 2. The normalized spacial score (nSPS) is 22.0. The number of rotatable bonds is 4. The van der Waals surface area contributed by atoms with E-state index in [1.807, 2.05) is 31.2 Å². The molecule has 0 amide bonds. The first-order chi connectivity index (χ1) is 8.61. The molecule has 1 aliphatic heterocycles. The Morgan fingerprint density at radius 1 is 1.44 bits per heavy atom. The standard InChI is InChI=1S/C13H14ClNO3/c1-2-13(15-11(8-18-13)12(16)17)10-5-3-9(7-14)4-6-10/h3-6,8,15H,2,7H2,1H3,(H,16,17). The largest absolute Gasteiger partial charge is 0.476 e. The van der Waals surface area contributed by atoms with E-state index in [0.717, 1.165) is 11.1 Å². The zero-order valence-corrected chi connectivity index (χ0v) is 10.7. The maximum atomic E-state index is 10.9. The van der Waals surface area contributed by atoms with Crippen LogP contribution in [0.1, 0.15) is 24.5 Å². The van der Waals surface area contributed by atoms with Gasteiger partial charge < -0.3 is 15.2 Å². The summed E-state index contributed by atoms with van der Waals surface area (Å²) in [5.41, 5.74) is 1.17. The van der Waals surface area contributed by atoms with E-state index in [1.165, 1.54) is 6.26 Å². The van der Waals surface area contributed by atoms with Crippen LogP contribution in [0, 0.1) is 0 Å². The molecular formula is C13H14ClNO3. The first-order valence-corrected chi connectivity index (χ1v) is 6.19. The Kier molecular flexibility index (Phi) is 3.48. The van der Waals surface area contributed by atoms with Gasteiger partial charge in [-0.25, -0.2) is 4.79 Å². The highest BCUT2D eigenvalue weighted by molar-refractivity contribution is 6.17. The zero-order chi connectivity index (χ0) is 13.2. The van der Waals surface area contributed by atoms with Crippen LogP contribution in [0.25, 0.3) is 0 Å². The molecule has 1 aromatic carbocycles. The molecule has 5 heteroatoms. The van der Waals surface area contributed by atoms with E-state index in [4.69, 9.17) is 21.4 Å². The van der Waals surface area contributed by atoms with E-state index in [9.17, 15) is 4.79 Å². The van der Waals surface area contributed by atoms with E-state index in [1.54, 1.807) is 0 Å². The first-order valence-electron chi connectivity index (χ1n) is 5.66. The van der Waals surface area contributed by atoms with Crippen LogP contribution in [0.15, 0.2) is 36.2 Å². The fourth-order valence-electron chi connectivity index (χ4n) is 1.92. The van der Waals surface area contributed by atoms with Gasteiger partial charge in [-0.1, -0.05) is 31.2 Å². The number of halogens is 1. The molecular weight excluding hydrogens is 254 g/mol. The quantitative estimate of drug-likeness (QED) is 0.823. The van der Waals surface area contributed by atoms with Crippen molar-refractivity contribution >= 4 is 17.6 Å². The summed E-state index contributed by atoms with van der Waals surface area (Å²) < 4.78 is 5.54. The van der Waals surface area contributed by atoms with Gasteiger partial charge in [0, 0.05) is 17.9 Å². The van der Waals surface area contributed by atoms with E-state index in [-0.39, 0.29) is 5.70 Å². The lowest BCUT2D eigenvalue weighted by Gasteiger charge is -2.29. The Morgan fingerprint density at radius 2 is 2.11 bits per heavy atom. The van der Waals surface area contributed by atoms with Crippen molar-refractivity contribution in [2.45, 2.75) is 24.9 Å². The van der Waals surface area contributed by atoms with Gasteiger partial charge in [-0.3, -0.25) is 0 Å². The molecule has 1 aromatic rings. The van der Waals surface area contributed by atoms with Crippen molar-refractivity contribution < 1.29 is 14.6 Å². The molecule has 4 nitrogen and oxygen atoms in total. The number of ether oxygens (including phenoxy) is 1. The van der Waals surface area contributed by atoms with Gasteiger partial charge in [-0.05, 0) is 5.56 Å². The topological polar surface area (TPSA) is 58.6 Å². The summed E-state index contributed by atoms with van der Waals surface area (Å²) in [7, 11) is 0. The van der Waals surface area contributed by atoms with Gasteiger partial charge in [0.1, 0.15) is 6.26 Å². The molecule has 2 rings (SSSR count). The number of carbonyl (C=O) groups is 1. The number of hydrogen-bond acceptors (Lipinski definition) is 3. The fraction of sp³-hybridized carbons (Fsp3) is 0.308. The molecule has 0 fully saturated rings. The minimum absolute atomic E-state index is 0.0678. The van der Waals surface area contributed by atoms with Crippen molar-refractivity contribution in [1.29, 1.82) is 0 Å². The van der Waals surface area contributed by atoms with Gasteiger partial charge in [0.05, 0.1) is 0 Å². The molecule has 0 saturated heterocycles. The van der Waals surface area contributed by atoms with Crippen LogP contribution in [0.3, 0.4) is 0 Å². The highest BCUT2D eigenvalue weighted by Crippen LogP contribution is 2.32. The Labute approximate surface area is 110 Å². The summed E-state index contributed by atoms with van der Waals surface area (Å²) in [5, 5.41) is 11.9. The summed E-state index contributed by atoms with van der Waals surface area (Å²) in [4.78, 5) is 10.9. The number of alkyl halides is 1. The van der Waals surface area contributed by atoms with E-state index >= 15 is 0 Å². The molecule has 1 aliphatic rings. The third-order valence-electron chi connectivity index (χ3n) is 3.02. The second-order valence-electron chi connectivity index (χ2n) is 4.09.